The fourth-order valence-corrected chi connectivity index (χ4v) is 2.11. The van der Waals surface area contributed by atoms with E-state index in [-0.39, 0.29) is 12.3 Å². The Balaban J connectivity index is 2.60. The summed E-state index contributed by atoms with van der Waals surface area (Å²) in [7, 11) is 1.53. The van der Waals surface area contributed by atoms with Crippen molar-refractivity contribution in [1.29, 1.82) is 0 Å². The van der Waals surface area contributed by atoms with E-state index in [1.807, 2.05) is 0 Å². The highest BCUT2D eigenvalue weighted by atomic mass is 35.5. The maximum atomic E-state index is 11.6. The minimum absolute atomic E-state index is 0.0669. The van der Waals surface area contributed by atoms with Crippen molar-refractivity contribution in [3.8, 4) is 11.5 Å². The van der Waals surface area contributed by atoms with Gasteiger partial charge in [0.2, 0.25) is 0 Å². The van der Waals surface area contributed by atoms with E-state index in [4.69, 9.17) is 26.8 Å². The van der Waals surface area contributed by atoms with Crippen LogP contribution in [0.4, 0.5) is 0 Å². The molecule has 0 amide bonds. The van der Waals surface area contributed by atoms with Gasteiger partial charge in [-0.1, -0.05) is 11.6 Å². The Kier molecular flexibility index (Phi) is 3.03. The van der Waals surface area contributed by atoms with Crippen molar-refractivity contribution in [2.24, 2.45) is 5.73 Å². The molecule has 0 saturated carbocycles. The van der Waals surface area contributed by atoms with Crippen molar-refractivity contribution in [3.05, 3.63) is 22.2 Å². The van der Waals surface area contributed by atoms with Crippen LogP contribution in [0.5, 0.6) is 11.5 Å². The zero-order chi connectivity index (χ0) is 11.7. The number of hydrogen-bond donors (Lipinski definition) is 1. The lowest BCUT2D eigenvalue weighted by molar-refractivity contribution is 0.100. The van der Waals surface area contributed by atoms with Gasteiger partial charge in [-0.25, -0.2) is 0 Å². The van der Waals surface area contributed by atoms with Crippen LogP contribution in [0, 0.1) is 0 Å². The Labute approximate surface area is 98.3 Å². The van der Waals surface area contributed by atoms with Crippen LogP contribution in [0.3, 0.4) is 0 Å². The maximum Gasteiger partial charge on any atom is 0.178 e. The molecule has 0 atom stereocenters. The largest absolute Gasteiger partial charge is 0.493 e. The molecule has 0 unspecified atom stereocenters. The Morgan fingerprint density at radius 2 is 2.44 bits per heavy atom. The number of nitrogens with two attached hydrogens (primary N) is 1. The molecule has 16 heavy (non-hydrogen) atoms. The molecule has 0 radical (unpaired) electrons. The molecule has 1 aliphatic heterocycles. The lowest BCUT2D eigenvalue weighted by Crippen LogP contribution is -2.14. The second-order valence-electron chi connectivity index (χ2n) is 3.47. The highest BCUT2D eigenvalue weighted by Gasteiger charge is 2.25. The van der Waals surface area contributed by atoms with Crippen molar-refractivity contribution in [3.63, 3.8) is 0 Å². The molecule has 1 aliphatic rings. The molecular weight excluding hydrogens is 230 g/mol. The number of ether oxygens (including phenoxy) is 2. The second kappa shape index (κ2) is 4.31. The standard InChI is InChI=1S/C11H12ClNO3/c1-15-9-4-7(8(14)5-13)10(12)6-2-3-16-11(6)9/h4H,2-3,5,13H2,1H3. The molecule has 2 N–H and O–H groups in total. The third kappa shape index (κ3) is 1.64. The zero-order valence-electron chi connectivity index (χ0n) is 8.88. The number of carbonyl (C=O) groups excluding carboxylic acids is 1. The Bertz CT molecular complexity index is 445. The number of methoxy groups -OCH3 is 1. The van der Waals surface area contributed by atoms with Crippen molar-refractivity contribution < 1.29 is 14.3 Å². The second-order valence-corrected chi connectivity index (χ2v) is 3.85. The predicted molar refractivity (Wildman–Crippen MR) is 60.6 cm³/mol. The van der Waals surface area contributed by atoms with Gasteiger partial charge in [-0.15, -0.1) is 0 Å². The molecule has 2 rings (SSSR count). The number of halogens is 1. The fraction of sp³-hybridized carbons (Fsp3) is 0.364. The summed E-state index contributed by atoms with van der Waals surface area (Å²) >= 11 is 6.14. The van der Waals surface area contributed by atoms with Gasteiger partial charge in [0.15, 0.2) is 17.3 Å². The van der Waals surface area contributed by atoms with Crippen molar-refractivity contribution in [2.75, 3.05) is 20.3 Å². The average molecular weight is 242 g/mol. The molecule has 0 fully saturated rings. The molecule has 0 saturated heterocycles. The van der Waals surface area contributed by atoms with Gasteiger partial charge in [0.05, 0.1) is 25.3 Å². The molecule has 1 heterocycles. The zero-order valence-corrected chi connectivity index (χ0v) is 9.63. The van der Waals surface area contributed by atoms with Crippen LogP contribution < -0.4 is 15.2 Å². The fourth-order valence-electron chi connectivity index (χ4n) is 1.77. The summed E-state index contributed by atoms with van der Waals surface area (Å²) in [6.07, 6.45) is 0.691. The van der Waals surface area contributed by atoms with E-state index in [0.29, 0.717) is 35.1 Å². The van der Waals surface area contributed by atoms with E-state index in [1.54, 1.807) is 6.07 Å². The molecule has 1 aromatic rings. The highest BCUT2D eigenvalue weighted by molar-refractivity contribution is 6.35. The number of carbonyl (C=O) groups is 1. The molecule has 0 aromatic heterocycles. The molecule has 5 heteroatoms. The SMILES string of the molecule is COc1cc(C(=O)CN)c(Cl)c2c1OCC2. The third-order valence-electron chi connectivity index (χ3n) is 2.58. The van der Waals surface area contributed by atoms with Crippen LogP contribution >= 0.6 is 11.6 Å². The van der Waals surface area contributed by atoms with Crippen LogP contribution in [0.1, 0.15) is 15.9 Å². The molecule has 0 aliphatic carbocycles. The number of Topliss-reactive ketones (excluding diaryl/α,β-unsaturated/α-hetero) is 1. The summed E-state index contributed by atoms with van der Waals surface area (Å²) in [5.41, 5.74) is 6.57. The lowest BCUT2D eigenvalue weighted by Gasteiger charge is -2.11. The van der Waals surface area contributed by atoms with Gasteiger partial charge < -0.3 is 15.2 Å². The predicted octanol–water partition coefficient (Wildman–Crippen LogP) is 1.42. The smallest absolute Gasteiger partial charge is 0.178 e. The van der Waals surface area contributed by atoms with Gasteiger partial charge in [-0.2, -0.15) is 0 Å². The summed E-state index contributed by atoms with van der Waals surface area (Å²) in [5, 5.41) is 0.434. The third-order valence-corrected chi connectivity index (χ3v) is 3.01. The molecule has 0 bridgehead atoms. The highest BCUT2D eigenvalue weighted by Crippen LogP contribution is 2.42. The summed E-state index contributed by atoms with van der Waals surface area (Å²) in [6, 6.07) is 1.58. The Morgan fingerprint density at radius 3 is 3.06 bits per heavy atom. The number of hydrogen-bond acceptors (Lipinski definition) is 4. The van der Waals surface area contributed by atoms with E-state index < -0.39 is 0 Å². The van der Waals surface area contributed by atoms with E-state index in [1.165, 1.54) is 7.11 Å². The first-order valence-electron chi connectivity index (χ1n) is 4.94. The number of fused-ring (bicyclic) bond motifs is 1. The molecular formula is C11H12ClNO3. The Morgan fingerprint density at radius 1 is 1.69 bits per heavy atom. The quantitative estimate of drug-likeness (QED) is 0.814. The first-order chi connectivity index (χ1) is 7.69. The van der Waals surface area contributed by atoms with Gasteiger partial charge in [0.1, 0.15) is 0 Å². The first kappa shape index (κ1) is 11.2. The van der Waals surface area contributed by atoms with Crippen molar-refractivity contribution in [1.82, 2.24) is 0 Å². The normalized spacial score (nSPS) is 13.2. The monoisotopic (exact) mass is 241 g/mol. The van der Waals surface area contributed by atoms with E-state index in [0.717, 1.165) is 5.56 Å². The van der Waals surface area contributed by atoms with Gasteiger partial charge in [-0.05, 0) is 6.07 Å². The van der Waals surface area contributed by atoms with E-state index in [9.17, 15) is 4.79 Å². The summed E-state index contributed by atoms with van der Waals surface area (Å²) in [6.45, 7) is 0.494. The van der Waals surface area contributed by atoms with Crippen LogP contribution in [0.25, 0.3) is 0 Å². The van der Waals surface area contributed by atoms with Crippen LogP contribution in [-0.4, -0.2) is 26.0 Å². The topological polar surface area (TPSA) is 61.5 Å². The number of benzene rings is 1. The minimum Gasteiger partial charge on any atom is -0.493 e. The average Bonchev–Trinajstić information content (AvgIpc) is 2.78. The van der Waals surface area contributed by atoms with Gasteiger partial charge in [0, 0.05) is 17.5 Å². The van der Waals surface area contributed by atoms with Gasteiger partial charge in [-0.3, -0.25) is 4.79 Å². The van der Waals surface area contributed by atoms with Crippen LogP contribution in [0.15, 0.2) is 6.07 Å². The van der Waals surface area contributed by atoms with Gasteiger partial charge in [0.25, 0.3) is 0 Å². The number of rotatable bonds is 3. The Hall–Kier alpha value is -1.26. The van der Waals surface area contributed by atoms with Crippen molar-refractivity contribution in [2.45, 2.75) is 6.42 Å². The van der Waals surface area contributed by atoms with Crippen LogP contribution in [-0.2, 0) is 6.42 Å². The lowest BCUT2D eigenvalue weighted by atomic mass is 10.0. The summed E-state index contributed by atoms with van der Waals surface area (Å²) in [5.74, 6) is 0.979. The summed E-state index contributed by atoms with van der Waals surface area (Å²) in [4.78, 5) is 11.6. The van der Waals surface area contributed by atoms with E-state index in [2.05, 4.69) is 0 Å². The van der Waals surface area contributed by atoms with E-state index >= 15 is 0 Å². The molecule has 1 aromatic carbocycles. The van der Waals surface area contributed by atoms with Crippen molar-refractivity contribution >= 4 is 17.4 Å². The summed E-state index contributed by atoms with van der Waals surface area (Å²) < 4.78 is 10.6. The molecule has 4 nitrogen and oxygen atoms in total. The maximum absolute atomic E-state index is 11.6. The van der Waals surface area contributed by atoms with Crippen LogP contribution in [0.2, 0.25) is 5.02 Å². The minimum atomic E-state index is -0.196. The molecule has 0 spiro atoms. The molecule has 86 valence electrons. The van der Waals surface area contributed by atoms with Gasteiger partial charge >= 0.3 is 0 Å². The first-order valence-corrected chi connectivity index (χ1v) is 5.32. The number of ketones is 1.